The lowest BCUT2D eigenvalue weighted by Crippen LogP contribution is -2.28. The number of fused-ring (bicyclic) bond motifs is 7. The highest BCUT2D eigenvalue weighted by Gasteiger charge is 2.47. The van der Waals surface area contributed by atoms with Crippen molar-refractivity contribution in [1.82, 2.24) is 0 Å². The molecule has 1 aliphatic carbocycles. The van der Waals surface area contributed by atoms with Crippen molar-refractivity contribution in [1.29, 1.82) is 0 Å². The second kappa shape index (κ2) is 6.84. The maximum absolute atomic E-state index is 6.63. The van der Waals surface area contributed by atoms with Crippen LogP contribution in [0.1, 0.15) is 22.3 Å². The molecule has 0 amide bonds. The van der Waals surface area contributed by atoms with Crippen LogP contribution < -0.4 is 0 Å². The van der Waals surface area contributed by atoms with E-state index in [0.29, 0.717) is 0 Å². The number of para-hydroxylation sites is 1. The first-order chi connectivity index (χ1) is 16.3. The Morgan fingerprint density at radius 3 is 1.97 bits per heavy atom. The predicted molar refractivity (Wildman–Crippen MR) is 136 cm³/mol. The molecule has 0 unspecified atom stereocenters. The molecule has 0 aliphatic heterocycles. The number of benzene rings is 5. The van der Waals surface area contributed by atoms with E-state index in [4.69, 9.17) is 16.0 Å². The molecule has 5 aromatic carbocycles. The molecular formula is C31H19ClO. The fourth-order valence-electron chi connectivity index (χ4n) is 5.72. The molecule has 0 atom stereocenters. The van der Waals surface area contributed by atoms with Crippen LogP contribution in [0.15, 0.2) is 120 Å². The summed E-state index contributed by atoms with van der Waals surface area (Å²) in [5.74, 6) is 0. The molecule has 0 fully saturated rings. The molecule has 1 aromatic heterocycles. The Morgan fingerprint density at radius 1 is 0.576 bits per heavy atom. The van der Waals surface area contributed by atoms with Crippen LogP contribution in [0.25, 0.3) is 33.1 Å². The minimum atomic E-state index is -0.481. The highest BCUT2D eigenvalue weighted by molar-refractivity contribution is 6.31. The quantitative estimate of drug-likeness (QED) is 0.261. The molecule has 156 valence electrons. The standard InChI is InChI=1S/C31H19ClO/c32-22-15-16-25-27(19-22)31(20-9-3-1-4-10-20,21-11-5-2-6-12-21)26-18-17-24-23-13-7-8-14-28(23)33-30(24)29(25)26/h1-19H. The molecule has 1 heterocycles. The maximum atomic E-state index is 6.63. The summed E-state index contributed by atoms with van der Waals surface area (Å²) in [7, 11) is 0. The topological polar surface area (TPSA) is 13.1 Å². The van der Waals surface area contributed by atoms with Gasteiger partial charge in [-0.25, -0.2) is 0 Å². The third-order valence-electron chi connectivity index (χ3n) is 7.02. The number of furan rings is 1. The monoisotopic (exact) mass is 442 g/mol. The minimum absolute atomic E-state index is 0.481. The predicted octanol–water partition coefficient (Wildman–Crippen LogP) is 8.60. The average molecular weight is 443 g/mol. The van der Waals surface area contributed by atoms with E-state index in [-0.39, 0.29) is 0 Å². The van der Waals surface area contributed by atoms with Gasteiger partial charge in [0.15, 0.2) is 0 Å². The molecular weight excluding hydrogens is 424 g/mol. The van der Waals surface area contributed by atoms with Crippen molar-refractivity contribution in [2.45, 2.75) is 5.41 Å². The first-order valence-corrected chi connectivity index (χ1v) is 11.5. The Kier molecular flexibility index (Phi) is 3.88. The number of hydrogen-bond donors (Lipinski definition) is 0. The first-order valence-electron chi connectivity index (χ1n) is 11.1. The highest BCUT2D eigenvalue weighted by atomic mass is 35.5. The van der Waals surface area contributed by atoms with Crippen LogP contribution >= 0.6 is 11.6 Å². The lowest BCUT2D eigenvalue weighted by molar-refractivity contribution is 0.669. The summed E-state index contributed by atoms with van der Waals surface area (Å²) in [5.41, 5.74) is 8.54. The van der Waals surface area contributed by atoms with Gasteiger partial charge in [0.2, 0.25) is 0 Å². The molecule has 0 saturated carbocycles. The summed E-state index contributed by atoms with van der Waals surface area (Å²) in [4.78, 5) is 0. The SMILES string of the molecule is Clc1ccc2c(c1)C(c1ccccc1)(c1ccccc1)c1ccc3c(oc4ccccc43)c1-2. The van der Waals surface area contributed by atoms with Crippen LogP contribution in [0.2, 0.25) is 5.02 Å². The van der Waals surface area contributed by atoms with Crippen LogP contribution in [-0.2, 0) is 5.41 Å². The van der Waals surface area contributed by atoms with Gasteiger partial charge in [0, 0.05) is 21.4 Å². The molecule has 6 aromatic rings. The van der Waals surface area contributed by atoms with E-state index in [1.165, 1.54) is 27.8 Å². The summed E-state index contributed by atoms with van der Waals surface area (Å²) in [5, 5.41) is 3.02. The van der Waals surface area contributed by atoms with Crippen molar-refractivity contribution >= 4 is 33.5 Å². The van der Waals surface area contributed by atoms with Crippen molar-refractivity contribution in [3.05, 3.63) is 143 Å². The van der Waals surface area contributed by atoms with Gasteiger partial charge in [0.05, 0.1) is 5.41 Å². The smallest absolute Gasteiger partial charge is 0.143 e. The van der Waals surface area contributed by atoms with Crippen molar-refractivity contribution in [2.75, 3.05) is 0 Å². The molecule has 1 nitrogen and oxygen atoms in total. The Morgan fingerprint density at radius 2 is 1.24 bits per heavy atom. The highest BCUT2D eigenvalue weighted by Crippen LogP contribution is 2.58. The molecule has 0 bridgehead atoms. The molecule has 0 radical (unpaired) electrons. The molecule has 0 saturated heterocycles. The second-order valence-electron chi connectivity index (χ2n) is 8.63. The number of rotatable bonds is 2. The average Bonchev–Trinajstić information content (AvgIpc) is 3.38. The maximum Gasteiger partial charge on any atom is 0.143 e. The largest absolute Gasteiger partial charge is 0.455 e. The van der Waals surface area contributed by atoms with Crippen LogP contribution in [0.3, 0.4) is 0 Å². The summed E-state index contributed by atoms with van der Waals surface area (Å²) < 4.78 is 6.51. The molecule has 0 spiro atoms. The van der Waals surface area contributed by atoms with E-state index >= 15 is 0 Å². The Bertz CT molecular complexity index is 1620. The third-order valence-corrected chi connectivity index (χ3v) is 7.25. The Hall–Kier alpha value is -3.81. The molecule has 2 heteroatoms. The van der Waals surface area contributed by atoms with Crippen molar-refractivity contribution < 1.29 is 4.42 Å². The van der Waals surface area contributed by atoms with E-state index < -0.39 is 5.41 Å². The summed E-state index contributed by atoms with van der Waals surface area (Å²) in [6.45, 7) is 0. The van der Waals surface area contributed by atoms with Crippen LogP contribution in [0.4, 0.5) is 0 Å². The van der Waals surface area contributed by atoms with Gasteiger partial charge < -0.3 is 4.42 Å². The van der Waals surface area contributed by atoms with Gasteiger partial charge in [-0.3, -0.25) is 0 Å². The fourth-order valence-corrected chi connectivity index (χ4v) is 5.90. The van der Waals surface area contributed by atoms with Crippen molar-refractivity contribution in [3.8, 4) is 11.1 Å². The van der Waals surface area contributed by atoms with Gasteiger partial charge in [0.1, 0.15) is 11.2 Å². The minimum Gasteiger partial charge on any atom is -0.455 e. The van der Waals surface area contributed by atoms with E-state index in [1.807, 2.05) is 18.2 Å². The van der Waals surface area contributed by atoms with E-state index in [0.717, 1.165) is 32.5 Å². The Labute approximate surface area is 196 Å². The summed E-state index contributed by atoms with van der Waals surface area (Å²) in [6, 6.07) is 40.5. The molecule has 7 rings (SSSR count). The molecule has 0 N–H and O–H groups in total. The lowest BCUT2D eigenvalue weighted by atomic mass is 9.67. The number of hydrogen-bond acceptors (Lipinski definition) is 1. The van der Waals surface area contributed by atoms with Gasteiger partial charge in [-0.15, -0.1) is 0 Å². The van der Waals surface area contributed by atoms with Gasteiger partial charge >= 0.3 is 0 Å². The summed E-state index contributed by atoms with van der Waals surface area (Å²) >= 11 is 6.63. The van der Waals surface area contributed by atoms with E-state index in [1.54, 1.807) is 0 Å². The van der Waals surface area contributed by atoms with E-state index in [9.17, 15) is 0 Å². The zero-order valence-corrected chi connectivity index (χ0v) is 18.5. The normalized spacial score (nSPS) is 13.8. The lowest BCUT2D eigenvalue weighted by Gasteiger charge is -2.33. The van der Waals surface area contributed by atoms with Crippen LogP contribution in [0.5, 0.6) is 0 Å². The Balaban J connectivity index is 1.72. The van der Waals surface area contributed by atoms with Gasteiger partial charge in [-0.1, -0.05) is 109 Å². The molecule has 33 heavy (non-hydrogen) atoms. The van der Waals surface area contributed by atoms with Crippen LogP contribution in [0, 0.1) is 0 Å². The third kappa shape index (κ3) is 2.43. The number of halogens is 1. The zero-order chi connectivity index (χ0) is 22.0. The molecule has 1 aliphatic rings. The van der Waals surface area contributed by atoms with Gasteiger partial charge in [-0.2, -0.15) is 0 Å². The van der Waals surface area contributed by atoms with Gasteiger partial charge in [0.25, 0.3) is 0 Å². The van der Waals surface area contributed by atoms with Crippen molar-refractivity contribution in [3.63, 3.8) is 0 Å². The van der Waals surface area contributed by atoms with Crippen molar-refractivity contribution in [2.24, 2.45) is 0 Å². The zero-order valence-electron chi connectivity index (χ0n) is 17.8. The summed E-state index contributed by atoms with van der Waals surface area (Å²) in [6.07, 6.45) is 0. The van der Waals surface area contributed by atoms with E-state index in [2.05, 4.69) is 97.1 Å². The first kappa shape index (κ1) is 18.7. The fraction of sp³-hybridized carbons (Fsp3) is 0.0323. The van der Waals surface area contributed by atoms with Gasteiger partial charge in [-0.05, 0) is 46.0 Å². The van der Waals surface area contributed by atoms with Crippen LogP contribution in [-0.4, -0.2) is 0 Å². The second-order valence-corrected chi connectivity index (χ2v) is 9.07.